The maximum Gasteiger partial charge on any atom is 0.344 e. The van der Waals surface area contributed by atoms with Crippen molar-refractivity contribution in [2.24, 2.45) is 0 Å². The van der Waals surface area contributed by atoms with E-state index in [9.17, 15) is 14.9 Å². The number of esters is 1. The molecule has 3 aromatic rings. The van der Waals surface area contributed by atoms with Gasteiger partial charge in [-0.15, -0.1) is 0 Å². The molecule has 1 amide bonds. The van der Waals surface area contributed by atoms with Crippen molar-refractivity contribution in [2.45, 2.75) is 6.54 Å². The van der Waals surface area contributed by atoms with E-state index in [0.29, 0.717) is 27.9 Å². The Labute approximate surface area is 194 Å². The normalized spacial score (nSPS) is 10.7. The predicted molar refractivity (Wildman–Crippen MR) is 124 cm³/mol. The second kappa shape index (κ2) is 10.9. The minimum absolute atomic E-state index is 0.0547. The van der Waals surface area contributed by atoms with E-state index in [1.807, 2.05) is 36.4 Å². The number of nitrogens with one attached hydrogen (secondary N) is 1. The van der Waals surface area contributed by atoms with Gasteiger partial charge in [0.25, 0.3) is 5.91 Å². The summed E-state index contributed by atoms with van der Waals surface area (Å²) in [6.45, 7) is 0.311. The lowest BCUT2D eigenvalue weighted by Crippen LogP contribution is -2.23. The summed E-state index contributed by atoms with van der Waals surface area (Å²) in [6.07, 6.45) is 1.45. The number of ether oxygens (including phenoxy) is 2. The van der Waals surface area contributed by atoms with Gasteiger partial charge >= 0.3 is 5.97 Å². The molecule has 0 radical (unpaired) electrons. The summed E-state index contributed by atoms with van der Waals surface area (Å²) >= 11 is 3.33. The van der Waals surface area contributed by atoms with Crippen molar-refractivity contribution in [3.8, 4) is 17.6 Å². The van der Waals surface area contributed by atoms with Gasteiger partial charge in [0.05, 0.1) is 12.7 Å². The second-order valence-electron chi connectivity index (χ2n) is 6.62. The van der Waals surface area contributed by atoms with E-state index >= 15 is 0 Å². The molecule has 0 unspecified atom stereocenters. The fourth-order valence-electron chi connectivity index (χ4n) is 2.83. The number of rotatable bonds is 7. The molecule has 0 saturated heterocycles. The number of nitriles is 1. The molecule has 7 heteroatoms. The summed E-state index contributed by atoms with van der Waals surface area (Å²) in [5.74, 6) is -0.518. The summed E-state index contributed by atoms with van der Waals surface area (Å²) in [6, 6.07) is 23.0. The Morgan fingerprint density at radius 2 is 1.75 bits per heavy atom. The van der Waals surface area contributed by atoms with Crippen molar-refractivity contribution >= 4 is 33.9 Å². The minimum Gasteiger partial charge on any atom is -0.493 e. The summed E-state index contributed by atoms with van der Waals surface area (Å²) in [5, 5.41) is 12.1. The van der Waals surface area contributed by atoms with Crippen LogP contribution in [-0.2, 0) is 11.3 Å². The maximum atomic E-state index is 12.5. The lowest BCUT2D eigenvalue weighted by atomic mass is 10.1. The molecule has 3 aromatic carbocycles. The van der Waals surface area contributed by atoms with Crippen LogP contribution in [0.2, 0.25) is 0 Å². The number of amides is 1. The van der Waals surface area contributed by atoms with Crippen molar-refractivity contribution in [3.63, 3.8) is 0 Å². The van der Waals surface area contributed by atoms with E-state index in [2.05, 4.69) is 21.2 Å². The Morgan fingerprint density at radius 1 is 1.03 bits per heavy atom. The van der Waals surface area contributed by atoms with Crippen molar-refractivity contribution < 1.29 is 19.1 Å². The van der Waals surface area contributed by atoms with Crippen LogP contribution in [0.25, 0.3) is 6.08 Å². The molecular formula is C25H19BrN2O4. The Balaban J connectivity index is 1.75. The molecule has 0 heterocycles. The molecule has 0 aliphatic rings. The van der Waals surface area contributed by atoms with Gasteiger partial charge in [0.1, 0.15) is 11.6 Å². The predicted octanol–water partition coefficient (Wildman–Crippen LogP) is 4.90. The van der Waals surface area contributed by atoms with Gasteiger partial charge in [-0.1, -0.05) is 48.5 Å². The third-order valence-electron chi connectivity index (χ3n) is 4.46. The number of benzene rings is 3. The summed E-state index contributed by atoms with van der Waals surface area (Å²) in [5.41, 5.74) is 1.80. The molecule has 1 N–H and O–H groups in total. The Kier molecular flexibility index (Phi) is 7.79. The fourth-order valence-corrected chi connectivity index (χ4v) is 3.28. The Morgan fingerprint density at radius 3 is 2.44 bits per heavy atom. The van der Waals surface area contributed by atoms with E-state index in [1.54, 1.807) is 42.5 Å². The molecule has 0 aliphatic carbocycles. The van der Waals surface area contributed by atoms with Gasteiger partial charge in [-0.2, -0.15) is 5.26 Å². The topological polar surface area (TPSA) is 88.4 Å². The lowest BCUT2D eigenvalue weighted by molar-refractivity contribution is -0.117. The van der Waals surface area contributed by atoms with Gasteiger partial charge in [0, 0.05) is 11.0 Å². The van der Waals surface area contributed by atoms with E-state index in [0.717, 1.165) is 5.56 Å². The lowest BCUT2D eigenvalue weighted by Gasteiger charge is -2.11. The van der Waals surface area contributed by atoms with Crippen LogP contribution < -0.4 is 14.8 Å². The molecule has 0 spiro atoms. The van der Waals surface area contributed by atoms with Crippen molar-refractivity contribution in [2.75, 3.05) is 7.11 Å². The maximum absolute atomic E-state index is 12.5. The number of hydrogen-bond donors (Lipinski definition) is 1. The van der Waals surface area contributed by atoms with Crippen molar-refractivity contribution in [1.82, 2.24) is 5.32 Å². The first kappa shape index (κ1) is 22.8. The highest BCUT2D eigenvalue weighted by atomic mass is 79.9. The van der Waals surface area contributed by atoms with Crippen LogP contribution in [0.5, 0.6) is 11.5 Å². The number of methoxy groups -OCH3 is 1. The van der Waals surface area contributed by atoms with Gasteiger partial charge in [-0.25, -0.2) is 4.79 Å². The number of carbonyl (C=O) groups is 2. The van der Waals surface area contributed by atoms with Gasteiger partial charge in [-0.05, 0) is 57.4 Å². The third-order valence-corrected chi connectivity index (χ3v) is 5.15. The second-order valence-corrected chi connectivity index (χ2v) is 7.47. The summed E-state index contributed by atoms with van der Waals surface area (Å²) in [7, 11) is 1.44. The number of carbonyl (C=O) groups excluding carboxylic acids is 2. The zero-order valence-corrected chi connectivity index (χ0v) is 18.8. The van der Waals surface area contributed by atoms with Gasteiger partial charge in [0.15, 0.2) is 11.5 Å². The summed E-state index contributed by atoms with van der Waals surface area (Å²) < 4.78 is 11.4. The molecule has 0 bridgehead atoms. The Hall–Kier alpha value is -3.89. The molecule has 0 aromatic heterocycles. The van der Waals surface area contributed by atoms with Crippen LogP contribution in [0.1, 0.15) is 21.5 Å². The van der Waals surface area contributed by atoms with Gasteiger partial charge in [-0.3, -0.25) is 4.79 Å². The average molecular weight is 491 g/mol. The van der Waals surface area contributed by atoms with E-state index in [1.165, 1.54) is 13.2 Å². The van der Waals surface area contributed by atoms with Crippen LogP contribution in [0.15, 0.2) is 82.8 Å². The highest BCUT2D eigenvalue weighted by Crippen LogP contribution is 2.30. The third kappa shape index (κ3) is 5.84. The molecule has 6 nitrogen and oxygen atoms in total. The van der Waals surface area contributed by atoms with E-state index < -0.39 is 11.9 Å². The highest BCUT2D eigenvalue weighted by molar-refractivity contribution is 9.10. The van der Waals surface area contributed by atoms with Crippen molar-refractivity contribution in [1.29, 1.82) is 5.26 Å². The SMILES string of the molecule is COc1cc(/C=C(\C#N)C(=O)NCc2ccccc2)ccc1OC(=O)c1ccccc1Br. The van der Waals surface area contributed by atoms with Crippen LogP contribution in [0.4, 0.5) is 0 Å². The summed E-state index contributed by atoms with van der Waals surface area (Å²) in [4.78, 5) is 24.9. The highest BCUT2D eigenvalue weighted by Gasteiger charge is 2.16. The van der Waals surface area contributed by atoms with Crippen LogP contribution in [0, 0.1) is 11.3 Å². The minimum atomic E-state index is -0.544. The van der Waals surface area contributed by atoms with Crippen LogP contribution in [-0.4, -0.2) is 19.0 Å². The largest absolute Gasteiger partial charge is 0.493 e. The first-order chi connectivity index (χ1) is 15.5. The number of nitrogens with zero attached hydrogens (tertiary/aromatic N) is 1. The zero-order chi connectivity index (χ0) is 22.9. The number of halogens is 1. The van der Waals surface area contributed by atoms with Crippen LogP contribution in [0.3, 0.4) is 0 Å². The molecule has 0 saturated carbocycles. The molecule has 0 aliphatic heterocycles. The molecular weight excluding hydrogens is 472 g/mol. The average Bonchev–Trinajstić information content (AvgIpc) is 2.82. The Bertz CT molecular complexity index is 1200. The van der Waals surface area contributed by atoms with E-state index in [4.69, 9.17) is 9.47 Å². The number of hydrogen-bond acceptors (Lipinski definition) is 5. The quantitative estimate of drug-likeness (QED) is 0.220. The fraction of sp³-hybridized carbons (Fsp3) is 0.0800. The van der Waals surface area contributed by atoms with Gasteiger partial charge in [0.2, 0.25) is 0 Å². The van der Waals surface area contributed by atoms with E-state index in [-0.39, 0.29) is 11.3 Å². The molecule has 32 heavy (non-hydrogen) atoms. The first-order valence-corrected chi connectivity index (χ1v) is 10.4. The molecule has 160 valence electrons. The first-order valence-electron chi connectivity index (χ1n) is 9.60. The smallest absolute Gasteiger partial charge is 0.344 e. The zero-order valence-electron chi connectivity index (χ0n) is 17.2. The van der Waals surface area contributed by atoms with Crippen LogP contribution >= 0.6 is 15.9 Å². The monoisotopic (exact) mass is 490 g/mol. The molecule has 0 atom stereocenters. The standard InChI is InChI=1S/C25H19BrN2O4/c1-31-23-14-18(11-12-22(23)32-25(30)20-9-5-6-10-21(20)26)13-19(15-27)24(29)28-16-17-7-3-2-4-8-17/h2-14H,16H2,1H3,(H,28,29)/b19-13+. The van der Waals surface area contributed by atoms with Gasteiger partial charge < -0.3 is 14.8 Å². The molecule has 0 fully saturated rings. The molecule has 3 rings (SSSR count). The van der Waals surface area contributed by atoms with Crippen molar-refractivity contribution in [3.05, 3.63) is 99.5 Å².